The molecule has 23 heavy (non-hydrogen) atoms. The molecule has 1 unspecified atom stereocenters. The van der Waals surface area contributed by atoms with Gasteiger partial charge in [-0.25, -0.2) is 0 Å². The molecule has 2 heteroatoms. The second kappa shape index (κ2) is 7.91. The zero-order valence-electron chi connectivity index (χ0n) is 13.3. The van der Waals surface area contributed by atoms with Gasteiger partial charge in [0.2, 0.25) is 0 Å². The fourth-order valence-electron chi connectivity index (χ4n) is 2.96. The minimum Gasteiger partial charge on any atom is -0.396 e. The molecule has 2 nitrogen and oxygen atoms in total. The highest BCUT2D eigenvalue weighted by Gasteiger charge is 2.10. The molecule has 0 radical (unpaired) electrons. The summed E-state index contributed by atoms with van der Waals surface area (Å²) in [6, 6.07) is 25.8. The molecule has 0 heterocycles. The molecule has 0 aliphatic rings. The lowest BCUT2D eigenvalue weighted by molar-refractivity contribution is 0.275. The van der Waals surface area contributed by atoms with Crippen LogP contribution in [0.4, 0.5) is 0 Å². The highest BCUT2D eigenvalue weighted by molar-refractivity contribution is 5.82. The quantitative estimate of drug-likeness (QED) is 0.676. The van der Waals surface area contributed by atoms with Crippen molar-refractivity contribution in [2.24, 2.45) is 0 Å². The van der Waals surface area contributed by atoms with Gasteiger partial charge in [-0.3, -0.25) is 0 Å². The van der Waals surface area contributed by atoms with Crippen LogP contribution in [0.15, 0.2) is 72.8 Å². The Morgan fingerprint density at radius 1 is 0.826 bits per heavy atom. The molecule has 0 aliphatic carbocycles. The molecule has 0 amide bonds. The third-order valence-electron chi connectivity index (χ3n) is 4.22. The number of aliphatic hydroxyl groups is 1. The third-order valence-corrected chi connectivity index (χ3v) is 4.22. The molecule has 3 aromatic rings. The number of benzene rings is 3. The van der Waals surface area contributed by atoms with Crippen LogP contribution in [0.2, 0.25) is 0 Å². The van der Waals surface area contributed by atoms with E-state index in [2.05, 4.69) is 72.0 Å². The summed E-state index contributed by atoms with van der Waals surface area (Å²) in [5.74, 6) is 0. The highest BCUT2D eigenvalue weighted by Crippen LogP contribution is 2.20. The maximum absolute atomic E-state index is 9.14. The largest absolute Gasteiger partial charge is 0.396 e. The zero-order valence-corrected chi connectivity index (χ0v) is 13.3. The first-order valence-electron chi connectivity index (χ1n) is 8.24. The van der Waals surface area contributed by atoms with Crippen molar-refractivity contribution < 1.29 is 5.11 Å². The van der Waals surface area contributed by atoms with E-state index in [9.17, 15) is 0 Å². The third kappa shape index (κ3) is 4.19. The standard InChI is InChI=1S/C21H23NO/c23-14-6-11-21(19-8-2-1-3-9-19)22-16-17-12-13-18-7-4-5-10-20(18)15-17/h1-5,7-10,12-13,15,21-23H,6,11,14,16H2. The first kappa shape index (κ1) is 15.7. The molecule has 118 valence electrons. The molecule has 3 rings (SSSR count). The van der Waals surface area contributed by atoms with Crippen molar-refractivity contribution in [3.8, 4) is 0 Å². The number of hydrogen-bond acceptors (Lipinski definition) is 2. The normalized spacial score (nSPS) is 12.4. The van der Waals surface area contributed by atoms with Crippen molar-refractivity contribution in [1.29, 1.82) is 0 Å². The summed E-state index contributed by atoms with van der Waals surface area (Å²) in [5.41, 5.74) is 2.57. The van der Waals surface area contributed by atoms with Crippen LogP contribution in [0.3, 0.4) is 0 Å². The van der Waals surface area contributed by atoms with Crippen LogP contribution >= 0.6 is 0 Å². The molecule has 0 aliphatic heterocycles. The van der Waals surface area contributed by atoms with Gasteiger partial charge in [-0.1, -0.05) is 66.7 Å². The molecular formula is C21H23NO. The first-order chi connectivity index (χ1) is 11.4. The lowest BCUT2D eigenvalue weighted by Crippen LogP contribution is -2.21. The summed E-state index contributed by atoms with van der Waals surface area (Å²) < 4.78 is 0. The van der Waals surface area contributed by atoms with Gasteiger partial charge in [-0.15, -0.1) is 0 Å². The number of fused-ring (bicyclic) bond motifs is 1. The van der Waals surface area contributed by atoms with Crippen LogP contribution in [0.25, 0.3) is 10.8 Å². The van der Waals surface area contributed by atoms with Gasteiger partial charge in [0.15, 0.2) is 0 Å². The molecule has 1 atom stereocenters. The maximum Gasteiger partial charge on any atom is 0.0431 e. The average Bonchev–Trinajstić information content (AvgIpc) is 2.62. The maximum atomic E-state index is 9.14. The average molecular weight is 305 g/mol. The molecule has 0 spiro atoms. The van der Waals surface area contributed by atoms with E-state index in [0.717, 1.165) is 19.4 Å². The fourth-order valence-corrected chi connectivity index (χ4v) is 2.96. The number of aliphatic hydroxyl groups excluding tert-OH is 1. The first-order valence-corrected chi connectivity index (χ1v) is 8.24. The van der Waals surface area contributed by atoms with Crippen molar-refractivity contribution in [3.63, 3.8) is 0 Å². The summed E-state index contributed by atoms with van der Waals surface area (Å²) in [4.78, 5) is 0. The van der Waals surface area contributed by atoms with Crippen LogP contribution in [0, 0.1) is 0 Å². The van der Waals surface area contributed by atoms with Crippen molar-refractivity contribution >= 4 is 10.8 Å². The predicted molar refractivity (Wildman–Crippen MR) is 96.3 cm³/mol. The van der Waals surface area contributed by atoms with Gasteiger partial charge in [0.05, 0.1) is 0 Å². The lowest BCUT2D eigenvalue weighted by atomic mass is 10.0. The fraction of sp³-hybridized carbons (Fsp3) is 0.238. The SMILES string of the molecule is OCCCC(NCc1ccc2ccccc2c1)c1ccccc1. The van der Waals surface area contributed by atoms with E-state index in [4.69, 9.17) is 5.11 Å². The number of rotatable bonds is 7. The van der Waals surface area contributed by atoms with Gasteiger partial charge in [-0.2, -0.15) is 0 Å². The Labute approximate surface area is 137 Å². The summed E-state index contributed by atoms with van der Waals surface area (Å²) in [5, 5.41) is 15.3. The van der Waals surface area contributed by atoms with E-state index < -0.39 is 0 Å². The molecule has 0 saturated carbocycles. The van der Waals surface area contributed by atoms with Crippen LogP contribution in [0.1, 0.15) is 30.0 Å². The predicted octanol–water partition coefficient (Wildman–Crippen LogP) is 4.44. The van der Waals surface area contributed by atoms with Crippen molar-refractivity contribution in [2.45, 2.75) is 25.4 Å². The van der Waals surface area contributed by atoms with Gasteiger partial charge >= 0.3 is 0 Å². The van der Waals surface area contributed by atoms with E-state index in [1.807, 2.05) is 6.07 Å². The molecule has 0 saturated heterocycles. The lowest BCUT2D eigenvalue weighted by Gasteiger charge is -2.19. The summed E-state index contributed by atoms with van der Waals surface area (Å²) in [6.45, 7) is 1.07. The van der Waals surface area contributed by atoms with Gasteiger partial charge in [0.25, 0.3) is 0 Å². The minimum atomic E-state index is 0.237. The van der Waals surface area contributed by atoms with Crippen molar-refractivity contribution in [1.82, 2.24) is 5.32 Å². The van der Waals surface area contributed by atoms with Crippen molar-refractivity contribution in [2.75, 3.05) is 6.61 Å². The van der Waals surface area contributed by atoms with Crippen LogP contribution in [0.5, 0.6) is 0 Å². The molecule has 0 bridgehead atoms. The minimum absolute atomic E-state index is 0.237. The molecule has 0 aromatic heterocycles. The Hall–Kier alpha value is -2.16. The Morgan fingerprint density at radius 2 is 1.57 bits per heavy atom. The van der Waals surface area contributed by atoms with Crippen LogP contribution < -0.4 is 5.32 Å². The van der Waals surface area contributed by atoms with Crippen molar-refractivity contribution in [3.05, 3.63) is 83.9 Å². The molecular weight excluding hydrogens is 282 g/mol. The van der Waals surface area contributed by atoms with Crippen LogP contribution in [-0.2, 0) is 6.54 Å². The summed E-state index contributed by atoms with van der Waals surface area (Å²) in [7, 11) is 0. The smallest absolute Gasteiger partial charge is 0.0431 e. The summed E-state index contributed by atoms with van der Waals surface area (Å²) >= 11 is 0. The second-order valence-electron chi connectivity index (χ2n) is 5.89. The molecule has 2 N–H and O–H groups in total. The molecule has 0 fully saturated rings. The monoisotopic (exact) mass is 305 g/mol. The van der Waals surface area contributed by atoms with E-state index >= 15 is 0 Å². The Balaban J connectivity index is 1.71. The zero-order chi connectivity index (χ0) is 15.9. The van der Waals surface area contributed by atoms with Gasteiger partial charge < -0.3 is 10.4 Å². The highest BCUT2D eigenvalue weighted by atomic mass is 16.2. The van der Waals surface area contributed by atoms with E-state index in [-0.39, 0.29) is 12.6 Å². The van der Waals surface area contributed by atoms with Gasteiger partial charge in [-0.05, 0) is 40.8 Å². The Kier molecular flexibility index (Phi) is 5.41. The number of nitrogens with one attached hydrogen (secondary N) is 1. The van der Waals surface area contributed by atoms with Crippen LogP contribution in [-0.4, -0.2) is 11.7 Å². The van der Waals surface area contributed by atoms with Gasteiger partial charge in [0, 0.05) is 19.2 Å². The number of hydrogen-bond donors (Lipinski definition) is 2. The Bertz CT molecular complexity index is 739. The Morgan fingerprint density at radius 3 is 2.35 bits per heavy atom. The topological polar surface area (TPSA) is 32.3 Å². The summed E-state index contributed by atoms with van der Waals surface area (Å²) in [6.07, 6.45) is 1.75. The van der Waals surface area contributed by atoms with E-state index in [0.29, 0.717) is 0 Å². The van der Waals surface area contributed by atoms with E-state index in [1.54, 1.807) is 0 Å². The van der Waals surface area contributed by atoms with E-state index in [1.165, 1.54) is 21.9 Å². The second-order valence-corrected chi connectivity index (χ2v) is 5.89. The van der Waals surface area contributed by atoms with Gasteiger partial charge in [0.1, 0.15) is 0 Å². The molecule has 3 aromatic carbocycles.